The summed E-state index contributed by atoms with van der Waals surface area (Å²) in [7, 11) is 1.96. The third kappa shape index (κ3) is 2.90. The standard InChI is InChI=1S/C13H20BrN5/c1-5-19-12(13(14)9(2)17-19)8-15-6-11-7-16-18(4)10(11)3/h7,15H,5-6,8H2,1-4H3. The van der Waals surface area contributed by atoms with Crippen LogP contribution in [0.1, 0.15) is 29.6 Å². The zero-order valence-electron chi connectivity index (χ0n) is 11.9. The third-order valence-electron chi connectivity index (χ3n) is 3.40. The number of nitrogens with one attached hydrogen (secondary N) is 1. The Morgan fingerprint density at radius 1 is 1.32 bits per heavy atom. The highest BCUT2D eigenvalue weighted by molar-refractivity contribution is 9.10. The second kappa shape index (κ2) is 5.88. The van der Waals surface area contributed by atoms with Gasteiger partial charge in [-0.1, -0.05) is 0 Å². The minimum absolute atomic E-state index is 0.795. The van der Waals surface area contributed by atoms with Crippen LogP contribution in [0.2, 0.25) is 0 Å². The Bertz CT molecular complexity index is 570. The van der Waals surface area contributed by atoms with Crippen LogP contribution in [-0.2, 0) is 26.7 Å². The number of hydrogen-bond acceptors (Lipinski definition) is 3. The molecule has 1 N–H and O–H groups in total. The van der Waals surface area contributed by atoms with Crippen molar-refractivity contribution in [3.05, 3.63) is 33.3 Å². The average molecular weight is 326 g/mol. The highest BCUT2D eigenvalue weighted by Gasteiger charge is 2.11. The van der Waals surface area contributed by atoms with Crippen molar-refractivity contribution in [2.75, 3.05) is 0 Å². The lowest BCUT2D eigenvalue weighted by Gasteiger charge is -2.07. The summed E-state index contributed by atoms with van der Waals surface area (Å²) in [6.07, 6.45) is 1.92. The van der Waals surface area contributed by atoms with Crippen LogP contribution in [0, 0.1) is 13.8 Å². The first-order valence-corrected chi connectivity index (χ1v) is 7.23. The van der Waals surface area contributed by atoms with Gasteiger partial charge >= 0.3 is 0 Å². The molecule has 0 amide bonds. The molecule has 0 saturated carbocycles. The van der Waals surface area contributed by atoms with E-state index in [9.17, 15) is 0 Å². The van der Waals surface area contributed by atoms with Crippen LogP contribution in [-0.4, -0.2) is 19.6 Å². The van der Waals surface area contributed by atoms with Crippen molar-refractivity contribution in [1.82, 2.24) is 24.9 Å². The van der Waals surface area contributed by atoms with E-state index in [0.717, 1.165) is 29.8 Å². The molecule has 6 heteroatoms. The molecule has 2 rings (SSSR count). The first-order chi connectivity index (χ1) is 9.04. The lowest BCUT2D eigenvalue weighted by molar-refractivity contribution is 0.577. The van der Waals surface area contributed by atoms with Crippen molar-refractivity contribution in [3.63, 3.8) is 0 Å². The van der Waals surface area contributed by atoms with Crippen LogP contribution in [0.4, 0.5) is 0 Å². The minimum atomic E-state index is 0.795. The maximum absolute atomic E-state index is 4.49. The smallest absolute Gasteiger partial charge is 0.0739 e. The van der Waals surface area contributed by atoms with E-state index in [4.69, 9.17) is 0 Å². The van der Waals surface area contributed by atoms with Crippen molar-refractivity contribution in [2.45, 2.75) is 40.4 Å². The highest BCUT2D eigenvalue weighted by Crippen LogP contribution is 2.20. The normalized spacial score (nSPS) is 11.2. The van der Waals surface area contributed by atoms with Crippen LogP contribution in [0.5, 0.6) is 0 Å². The molecule has 2 heterocycles. The zero-order valence-corrected chi connectivity index (χ0v) is 13.5. The van der Waals surface area contributed by atoms with Gasteiger partial charge in [-0.2, -0.15) is 10.2 Å². The van der Waals surface area contributed by atoms with Gasteiger partial charge in [0.2, 0.25) is 0 Å². The number of aryl methyl sites for hydroxylation is 3. The quantitative estimate of drug-likeness (QED) is 0.917. The van der Waals surface area contributed by atoms with E-state index in [1.807, 2.05) is 29.5 Å². The lowest BCUT2D eigenvalue weighted by atomic mass is 10.2. The molecular weight excluding hydrogens is 306 g/mol. The van der Waals surface area contributed by atoms with E-state index in [1.165, 1.54) is 17.0 Å². The monoisotopic (exact) mass is 325 g/mol. The van der Waals surface area contributed by atoms with Gasteiger partial charge in [-0.3, -0.25) is 9.36 Å². The Labute approximate surface area is 122 Å². The average Bonchev–Trinajstić information content (AvgIpc) is 2.85. The summed E-state index contributed by atoms with van der Waals surface area (Å²) in [4.78, 5) is 0. The fourth-order valence-electron chi connectivity index (χ4n) is 2.07. The molecule has 104 valence electrons. The summed E-state index contributed by atoms with van der Waals surface area (Å²) >= 11 is 3.61. The van der Waals surface area contributed by atoms with Gasteiger partial charge in [0, 0.05) is 37.9 Å². The minimum Gasteiger partial charge on any atom is -0.307 e. The predicted octanol–water partition coefficient (Wildman–Crippen LogP) is 2.31. The highest BCUT2D eigenvalue weighted by atomic mass is 79.9. The van der Waals surface area contributed by atoms with Crippen molar-refractivity contribution >= 4 is 15.9 Å². The summed E-state index contributed by atoms with van der Waals surface area (Å²) in [5.74, 6) is 0. The second-order valence-corrected chi connectivity index (χ2v) is 5.44. The summed E-state index contributed by atoms with van der Waals surface area (Å²) in [6, 6.07) is 0. The molecule has 0 aliphatic carbocycles. The molecule has 19 heavy (non-hydrogen) atoms. The number of hydrogen-bond donors (Lipinski definition) is 1. The fourth-order valence-corrected chi connectivity index (χ4v) is 2.50. The maximum Gasteiger partial charge on any atom is 0.0739 e. The molecule has 0 aromatic carbocycles. The van der Waals surface area contributed by atoms with Gasteiger partial charge in [0.05, 0.1) is 22.1 Å². The lowest BCUT2D eigenvalue weighted by Crippen LogP contribution is -2.17. The van der Waals surface area contributed by atoms with E-state index >= 15 is 0 Å². The molecule has 0 atom stereocenters. The molecule has 2 aromatic heterocycles. The molecule has 0 radical (unpaired) electrons. The Hall–Kier alpha value is -1.14. The van der Waals surface area contributed by atoms with Gasteiger partial charge in [0.25, 0.3) is 0 Å². The number of halogens is 1. The first kappa shape index (κ1) is 14.3. The number of nitrogens with zero attached hydrogens (tertiary/aromatic N) is 4. The third-order valence-corrected chi connectivity index (χ3v) is 4.43. The molecule has 0 fully saturated rings. The van der Waals surface area contributed by atoms with Crippen LogP contribution in [0.25, 0.3) is 0 Å². The summed E-state index contributed by atoms with van der Waals surface area (Å²) in [5.41, 5.74) is 4.67. The van der Waals surface area contributed by atoms with E-state index in [-0.39, 0.29) is 0 Å². The van der Waals surface area contributed by atoms with E-state index in [0.29, 0.717) is 0 Å². The molecule has 0 unspecified atom stereocenters. The molecule has 5 nitrogen and oxygen atoms in total. The van der Waals surface area contributed by atoms with Gasteiger partial charge in [0.15, 0.2) is 0 Å². The van der Waals surface area contributed by atoms with Gasteiger partial charge < -0.3 is 5.32 Å². The van der Waals surface area contributed by atoms with Gasteiger partial charge in [-0.05, 0) is 36.7 Å². The van der Waals surface area contributed by atoms with E-state index in [2.05, 4.69) is 45.3 Å². The van der Waals surface area contributed by atoms with Gasteiger partial charge in [-0.25, -0.2) is 0 Å². The molecular formula is C13H20BrN5. The molecule has 0 aliphatic rings. The summed E-state index contributed by atoms with van der Waals surface area (Å²) in [6.45, 7) is 8.71. The molecule has 0 aliphatic heterocycles. The fraction of sp³-hybridized carbons (Fsp3) is 0.538. The molecule has 0 bridgehead atoms. The van der Waals surface area contributed by atoms with Gasteiger partial charge in [-0.15, -0.1) is 0 Å². The van der Waals surface area contributed by atoms with Crippen molar-refractivity contribution < 1.29 is 0 Å². The maximum atomic E-state index is 4.49. The largest absolute Gasteiger partial charge is 0.307 e. The zero-order chi connectivity index (χ0) is 14.0. The molecule has 0 saturated heterocycles. The summed E-state index contributed by atoms with van der Waals surface area (Å²) < 4.78 is 5.03. The predicted molar refractivity (Wildman–Crippen MR) is 78.8 cm³/mol. The Morgan fingerprint density at radius 3 is 2.63 bits per heavy atom. The van der Waals surface area contributed by atoms with Gasteiger partial charge in [0.1, 0.15) is 0 Å². The van der Waals surface area contributed by atoms with Crippen LogP contribution in [0.15, 0.2) is 10.7 Å². The van der Waals surface area contributed by atoms with Crippen molar-refractivity contribution in [2.24, 2.45) is 7.05 Å². The molecule has 0 spiro atoms. The topological polar surface area (TPSA) is 47.7 Å². The van der Waals surface area contributed by atoms with Crippen LogP contribution in [0.3, 0.4) is 0 Å². The van der Waals surface area contributed by atoms with Crippen LogP contribution < -0.4 is 5.32 Å². The SMILES string of the molecule is CCn1nc(C)c(Br)c1CNCc1cnn(C)c1C. The second-order valence-electron chi connectivity index (χ2n) is 4.64. The first-order valence-electron chi connectivity index (χ1n) is 6.44. The Balaban J connectivity index is 2.01. The molecule has 2 aromatic rings. The summed E-state index contributed by atoms with van der Waals surface area (Å²) in [5, 5.41) is 12.2. The van der Waals surface area contributed by atoms with Crippen LogP contribution >= 0.6 is 15.9 Å². The van der Waals surface area contributed by atoms with Crippen molar-refractivity contribution in [1.29, 1.82) is 0 Å². The van der Waals surface area contributed by atoms with E-state index < -0.39 is 0 Å². The van der Waals surface area contributed by atoms with E-state index in [1.54, 1.807) is 0 Å². The Morgan fingerprint density at radius 2 is 2.05 bits per heavy atom. The Kier molecular flexibility index (Phi) is 4.42. The number of rotatable bonds is 5. The van der Waals surface area contributed by atoms with Crippen molar-refractivity contribution in [3.8, 4) is 0 Å². The number of aromatic nitrogens is 4.